The lowest BCUT2D eigenvalue weighted by Gasteiger charge is -2.12. The number of phenols is 1. The first kappa shape index (κ1) is 29.8. The van der Waals surface area contributed by atoms with Crippen LogP contribution >= 0.6 is 0 Å². The second-order valence-electron chi connectivity index (χ2n) is 9.98. The molecule has 0 radical (unpaired) electrons. The molecular formula is C33H32N8O3. The van der Waals surface area contributed by atoms with Crippen molar-refractivity contribution >= 4 is 29.6 Å². The first-order chi connectivity index (χ1) is 21.4. The molecule has 222 valence electrons. The zero-order chi connectivity index (χ0) is 31.2. The van der Waals surface area contributed by atoms with Crippen LogP contribution in [-0.4, -0.2) is 54.0 Å². The van der Waals surface area contributed by atoms with Gasteiger partial charge in [-0.05, 0) is 105 Å². The van der Waals surface area contributed by atoms with Gasteiger partial charge in [-0.1, -0.05) is 6.07 Å². The van der Waals surface area contributed by atoms with Crippen LogP contribution in [0.3, 0.4) is 0 Å². The molecule has 0 unspecified atom stereocenters. The van der Waals surface area contributed by atoms with E-state index in [0.717, 1.165) is 52.6 Å². The van der Waals surface area contributed by atoms with Crippen molar-refractivity contribution in [2.45, 2.75) is 26.2 Å². The van der Waals surface area contributed by atoms with Gasteiger partial charge in [0.15, 0.2) is 23.6 Å². The van der Waals surface area contributed by atoms with Crippen LogP contribution in [0.2, 0.25) is 0 Å². The number of nitrogens with two attached hydrogens (primary N) is 2. The summed E-state index contributed by atoms with van der Waals surface area (Å²) in [5.41, 5.74) is 18.4. The van der Waals surface area contributed by atoms with E-state index < -0.39 is 0 Å². The number of nitrogen functional groups attached to an aromatic ring is 1. The quantitative estimate of drug-likeness (QED) is 0.243. The lowest BCUT2D eigenvalue weighted by Crippen LogP contribution is -2.04. The molecule has 0 amide bonds. The highest BCUT2D eigenvalue weighted by atomic mass is 16.3. The van der Waals surface area contributed by atoms with E-state index in [-0.39, 0.29) is 11.3 Å². The molecular weight excluding hydrogens is 556 g/mol. The third kappa shape index (κ3) is 5.94. The van der Waals surface area contributed by atoms with Gasteiger partial charge < -0.3 is 16.6 Å². The van der Waals surface area contributed by atoms with Crippen molar-refractivity contribution in [3.8, 4) is 28.6 Å². The number of anilines is 1. The fourth-order valence-electron chi connectivity index (χ4n) is 5.11. The molecule has 0 fully saturated rings. The van der Waals surface area contributed by atoms with Gasteiger partial charge in [-0.3, -0.25) is 14.2 Å². The van der Waals surface area contributed by atoms with Crippen LogP contribution in [0, 0.1) is 6.92 Å². The second-order valence-corrected chi connectivity index (χ2v) is 9.98. The number of hydrogen-bond donors (Lipinski definition) is 3. The van der Waals surface area contributed by atoms with Crippen LogP contribution in [-0.2, 0) is 12.8 Å². The number of rotatable bonds is 5. The third-order valence-electron chi connectivity index (χ3n) is 7.19. The van der Waals surface area contributed by atoms with Gasteiger partial charge in [0.05, 0.1) is 11.1 Å². The van der Waals surface area contributed by atoms with Gasteiger partial charge in [0.1, 0.15) is 23.4 Å². The number of benzene rings is 2. The molecule has 1 aliphatic rings. The summed E-state index contributed by atoms with van der Waals surface area (Å²) in [5.74, 6) is 1.83. The molecule has 1 aliphatic carbocycles. The number of hydrogen-bond acceptors (Lipinski definition) is 9. The fraction of sp³-hybridized carbons (Fsp3) is 0.152. The first-order valence-electron chi connectivity index (χ1n) is 14.0. The maximum atomic E-state index is 10.2. The lowest BCUT2D eigenvalue weighted by atomic mass is 10.1. The van der Waals surface area contributed by atoms with E-state index >= 15 is 0 Å². The number of nitrogens with zero attached hydrogens (tertiary/aromatic N) is 6. The van der Waals surface area contributed by atoms with E-state index in [1.54, 1.807) is 10.9 Å². The van der Waals surface area contributed by atoms with Crippen LogP contribution in [0.1, 0.15) is 44.0 Å². The molecule has 0 aliphatic heterocycles. The van der Waals surface area contributed by atoms with Crippen LogP contribution in [0.15, 0.2) is 79.1 Å². The minimum atomic E-state index is -0.106. The van der Waals surface area contributed by atoms with Gasteiger partial charge in [0.25, 0.3) is 0 Å². The Labute approximate surface area is 253 Å². The van der Waals surface area contributed by atoms with Crippen LogP contribution in [0.25, 0.3) is 34.1 Å². The number of carbonyl (C=O) groups excluding carboxylic acids is 2. The van der Waals surface area contributed by atoms with Gasteiger partial charge in [-0.15, -0.1) is 0 Å². The summed E-state index contributed by atoms with van der Waals surface area (Å²) in [5, 5.41) is 13.3. The number of fused-ring (bicyclic) bond motifs is 2. The molecule has 6 aromatic rings. The Morgan fingerprint density at radius 3 is 2.43 bits per heavy atom. The zero-order valence-corrected chi connectivity index (χ0v) is 24.4. The zero-order valence-electron chi connectivity index (χ0n) is 24.4. The molecule has 44 heavy (non-hydrogen) atoms. The van der Waals surface area contributed by atoms with Crippen molar-refractivity contribution in [3.05, 3.63) is 107 Å². The Hall–Kier alpha value is -5.68. The largest absolute Gasteiger partial charge is 0.507 e. The first-order valence-corrected chi connectivity index (χ1v) is 14.0. The van der Waals surface area contributed by atoms with Crippen molar-refractivity contribution in [2.75, 3.05) is 12.8 Å². The molecule has 2 aromatic carbocycles. The molecule has 4 aromatic heterocycles. The molecule has 0 spiro atoms. The standard InChI is InChI=1S/C24H21N7.C8H6O3.CH5N/c1-15-6-9-19(22(25)27-15)23-28-20-10-11-21(30-13-3-12-26-30)29-24(20)31(23)18-8-7-16-4-2-5-17(16)14-18;9-4-6-1-2-8(11)7(3-6)5-10;1-2/h3,6-14H,2,4-5H2,1H3,(H2,25,27);1-5,11H;2H2,1H3. The monoisotopic (exact) mass is 588 g/mol. The van der Waals surface area contributed by atoms with E-state index in [1.165, 1.54) is 42.8 Å². The van der Waals surface area contributed by atoms with Gasteiger partial charge in [0, 0.05) is 29.3 Å². The van der Waals surface area contributed by atoms with Gasteiger partial charge in [0.2, 0.25) is 0 Å². The summed E-state index contributed by atoms with van der Waals surface area (Å²) < 4.78 is 3.84. The Morgan fingerprint density at radius 2 is 1.70 bits per heavy atom. The minimum Gasteiger partial charge on any atom is -0.507 e. The Kier molecular flexibility index (Phi) is 8.87. The summed E-state index contributed by atoms with van der Waals surface area (Å²) in [6.45, 7) is 1.93. The Bertz CT molecular complexity index is 1950. The van der Waals surface area contributed by atoms with Crippen molar-refractivity contribution in [1.82, 2.24) is 29.3 Å². The third-order valence-corrected chi connectivity index (χ3v) is 7.19. The highest BCUT2D eigenvalue weighted by molar-refractivity contribution is 5.85. The number of aryl methyl sites for hydroxylation is 3. The number of aromatic hydroxyl groups is 1. The Balaban J connectivity index is 0.000000250. The molecule has 0 atom stereocenters. The van der Waals surface area contributed by atoms with E-state index in [2.05, 4.69) is 38.6 Å². The predicted octanol–water partition coefficient (Wildman–Crippen LogP) is 4.64. The SMILES string of the molecule is CN.Cc1ccc(-c2nc3ccc(-n4cccn4)nc3n2-c2ccc3c(c2)CCC3)c(N)n1.O=Cc1ccc(O)c(C=O)c1. The predicted molar refractivity (Wildman–Crippen MR) is 169 cm³/mol. The van der Waals surface area contributed by atoms with Crippen LogP contribution in [0.5, 0.6) is 5.75 Å². The molecule has 11 nitrogen and oxygen atoms in total. The highest BCUT2D eigenvalue weighted by Gasteiger charge is 2.20. The number of carbonyl (C=O) groups is 2. The molecule has 4 heterocycles. The van der Waals surface area contributed by atoms with Crippen LogP contribution in [0.4, 0.5) is 5.82 Å². The maximum Gasteiger partial charge on any atom is 0.167 e. The van der Waals surface area contributed by atoms with Gasteiger partial charge in [-0.25, -0.2) is 19.6 Å². The molecule has 0 bridgehead atoms. The van der Waals surface area contributed by atoms with Crippen molar-refractivity contribution in [3.63, 3.8) is 0 Å². The molecule has 7 rings (SSSR count). The van der Waals surface area contributed by atoms with Gasteiger partial charge >= 0.3 is 0 Å². The summed E-state index contributed by atoms with van der Waals surface area (Å²) >= 11 is 0. The minimum absolute atomic E-state index is 0.106. The van der Waals surface area contributed by atoms with E-state index in [1.807, 2.05) is 43.5 Å². The van der Waals surface area contributed by atoms with Crippen molar-refractivity contribution < 1.29 is 14.7 Å². The van der Waals surface area contributed by atoms with E-state index in [4.69, 9.17) is 20.8 Å². The number of aromatic nitrogens is 6. The van der Waals surface area contributed by atoms with Gasteiger partial charge in [-0.2, -0.15) is 5.10 Å². The maximum absolute atomic E-state index is 10.2. The number of phenolic OH excluding ortho intramolecular Hbond substituents is 1. The number of aldehydes is 2. The van der Waals surface area contributed by atoms with Crippen molar-refractivity contribution in [1.29, 1.82) is 0 Å². The lowest BCUT2D eigenvalue weighted by molar-refractivity contribution is 0.112. The smallest absolute Gasteiger partial charge is 0.167 e. The summed E-state index contributed by atoms with van der Waals surface area (Å²) in [4.78, 5) is 34.7. The topological polar surface area (TPSA) is 168 Å². The number of imidazole rings is 1. The molecule has 11 heteroatoms. The van der Waals surface area contributed by atoms with E-state index in [0.29, 0.717) is 24.0 Å². The average Bonchev–Trinajstić information content (AvgIpc) is 3.82. The summed E-state index contributed by atoms with van der Waals surface area (Å²) in [6, 6.07) is 20.4. The Morgan fingerprint density at radius 1 is 0.886 bits per heavy atom. The average molecular weight is 589 g/mol. The van der Waals surface area contributed by atoms with Crippen molar-refractivity contribution in [2.24, 2.45) is 5.73 Å². The summed E-state index contributed by atoms with van der Waals surface area (Å²) in [7, 11) is 1.50. The van der Waals surface area contributed by atoms with E-state index in [9.17, 15) is 9.59 Å². The highest BCUT2D eigenvalue weighted by Crippen LogP contribution is 2.33. The summed E-state index contributed by atoms with van der Waals surface area (Å²) in [6.07, 6.45) is 8.19. The molecule has 0 saturated heterocycles. The molecule has 5 N–H and O–H groups in total. The number of pyridine rings is 2. The second kappa shape index (κ2) is 13.1. The molecule has 0 saturated carbocycles. The fourth-order valence-corrected chi connectivity index (χ4v) is 5.11. The van der Waals surface area contributed by atoms with Crippen LogP contribution < -0.4 is 11.5 Å². The normalized spacial score (nSPS) is 11.6.